The minimum atomic E-state index is -1.25. The number of fused-ring (bicyclic) bond motifs is 5. The van der Waals surface area contributed by atoms with Crippen molar-refractivity contribution in [1.82, 2.24) is 0 Å². The molecule has 3 fully saturated rings. The highest BCUT2D eigenvalue weighted by Gasteiger charge is 2.59. The zero-order valence-electron chi connectivity index (χ0n) is 16.7. The van der Waals surface area contributed by atoms with Crippen LogP contribution in [0.25, 0.3) is 0 Å². The second-order valence-electron chi connectivity index (χ2n) is 8.96. The lowest BCUT2D eigenvalue weighted by Gasteiger charge is -2.58. The van der Waals surface area contributed by atoms with Crippen LogP contribution in [0.15, 0.2) is 11.6 Å². The average Bonchev–Trinajstić information content (AvgIpc) is 2.75. The number of allylic oxidation sites excluding steroid dienone is 1. The Kier molecular flexibility index (Phi) is 2.93. The van der Waals surface area contributed by atoms with Crippen LogP contribution in [0.3, 0.4) is 0 Å². The van der Waals surface area contributed by atoms with Crippen LogP contribution in [-0.2, 0) is 9.59 Å². The Balaban J connectivity index is 1.75. The molecular formula is C21H30O2. The molecule has 0 aromatic heterocycles. The van der Waals surface area contributed by atoms with E-state index in [1.54, 1.807) is 6.92 Å². The molecule has 4 aliphatic carbocycles. The first-order valence-corrected chi connectivity index (χ1v) is 9.34. The monoisotopic (exact) mass is 316 g/mol. The zero-order chi connectivity index (χ0) is 18.2. The van der Waals surface area contributed by atoms with E-state index < -0.39 is 6.37 Å². The van der Waals surface area contributed by atoms with Gasteiger partial charge < -0.3 is 0 Å². The summed E-state index contributed by atoms with van der Waals surface area (Å²) in [5.74, 6) is 1.07. The van der Waals surface area contributed by atoms with E-state index in [0.29, 0.717) is 24.7 Å². The Morgan fingerprint density at radius 2 is 1.96 bits per heavy atom. The molecule has 2 heteroatoms. The fraction of sp³-hybridized carbons (Fsp3) is 0.810. The molecule has 0 N–H and O–H groups in total. The molecule has 0 heterocycles. The SMILES string of the molecule is [2H]C1([2H])C[C@H](C(C)=O)[C@@]2(C)CC[C@H]3[C@@H](CCC4=CC(=O)CC[C@@]43C)[C@H]12. The Hall–Kier alpha value is -0.920. The summed E-state index contributed by atoms with van der Waals surface area (Å²) in [7, 11) is 0. The van der Waals surface area contributed by atoms with Crippen molar-refractivity contribution in [3.8, 4) is 0 Å². The smallest absolute Gasteiger partial charge is 0.155 e. The van der Waals surface area contributed by atoms with Crippen LogP contribution in [0.5, 0.6) is 0 Å². The molecule has 0 radical (unpaired) electrons. The molecule has 23 heavy (non-hydrogen) atoms. The van der Waals surface area contributed by atoms with Crippen molar-refractivity contribution in [3.05, 3.63) is 11.6 Å². The van der Waals surface area contributed by atoms with Crippen molar-refractivity contribution in [3.63, 3.8) is 0 Å². The van der Waals surface area contributed by atoms with Gasteiger partial charge in [-0.1, -0.05) is 19.4 Å². The Morgan fingerprint density at radius 1 is 1.17 bits per heavy atom. The Morgan fingerprint density at radius 3 is 2.70 bits per heavy atom. The Labute approximate surface area is 142 Å². The molecule has 0 spiro atoms. The molecular weight excluding hydrogens is 284 g/mol. The van der Waals surface area contributed by atoms with Crippen molar-refractivity contribution in [2.45, 2.75) is 72.1 Å². The molecule has 2 nitrogen and oxygen atoms in total. The zero-order valence-corrected chi connectivity index (χ0v) is 14.7. The fourth-order valence-corrected chi connectivity index (χ4v) is 6.66. The molecule has 0 amide bonds. The first kappa shape index (κ1) is 13.4. The number of ketones is 2. The van der Waals surface area contributed by atoms with Gasteiger partial charge in [0, 0.05) is 15.1 Å². The molecule has 6 atom stereocenters. The van der Waals surface area contributed by atoms with Crippen LogP contribution >= 0.6 is 0 Å². The third kappa shape index (κ3) is 2.06. The summed E-state index contributed by atoms with van der Waals surface area (Å²) >= 11 is 0. The normalized spacial score (nSPS) is 52.5. The van der Waals surface area contributed by atoms with Gasteiger partial charge in [0.05, 0.1) is 0 Å². The lowest BCUT2D eigenvalue weighted by Crippen LogP contribution is -2.51. The van der Waals surface area contributed by atoms with Gasteiger partial charge in [0.15, 0.2) is 5.78 Å². The third-order valence-corrected chi connectivity index (χ3v) is 8.00. The van der Waals surface area contributed by atoms with E-state index in [-0.39, 0.29) is 34.2 Å². The van der Waals surface area contributed by atoms with Gasteiger partial charge in [-0.05, 0) is 86.5 Å². The molecule has 0 aliphatic heterocycles. The quantitative estimate of drug-likeness (QED) is 0.701. The number of hydrogen-bond acceptors (Lipinski definition) is 2. The molecule has 0 aromatic carbocycles. The van der Waals surface area contributed by atoms with E-state index in [9.17, 15) is 9.59 Å². The van der Waals surface area contributed by atoms with E-state index in [1.807, 2.05) is 6.08 Å². The maximum absolute atomic E-state index is 12.3. The van der Waals surface area contributed by atoms with E-state index in [4.69, 9.17) is 2.74 Å². The predicted molar refractivity (Wildman–Crippen MR) is 90.9 cm³/mol. The maximum Gasteiger partial charge on any atom is 0.155 e. The van der Waals surface area contributed by atoms with Crippen LogP contribution in [0.4, 0.5) is 0 Å². The number of carbonyl (C=O) groups excluding carboxylic acids is 2. The summed E-state index contributed by atoms with van der Waals surface area (Å²) in [5, 5.41) is 0. The fourth-order valence-electron chi connectivity index (χ4n) is 6.66. The lowest BCUT2D eigenvalue weighted by atomic mass is 9.47. The lowest BCUT2D eigenvalue weighted by molar-refractivity contribution is -0.128. The van der Waals surface area contributed by atoms with Crippen molar-refractivity contribution in [2.24, 2.45) is 34.5 Å². The topological polar surface area (TPSA) is 34.1 Å². The van der Waals surface area contributed by atoms with Gasteiger partial charge in [-0.25, -0.2) is 0 Å². The van der Waals surface area contributed by atoms with E-state index >= 15 is 0 Å². The Bertz CT molecular complexity index is 667. The summed E-state index contributed by atoms with van der Waals surface area (Å²) in [6.07, 6.45) is 6.51. The number of carbonyl (C=O) groups is 2. The van der Waals surface area contributed by atoms with E-state index in [1.165, 1.54) is 5.57 Å². The number of Topliss-reactive ketones (excluding diaryl/α,β-unsaturated/α-hetero) is 1. The minimum absolute atomic E-state index is 0.0244. The third-order valence-electron chi connectivity index (χ3n) is 8.00. The van der Waals surface area contributed by atoms with Crippen LogP contribution in [0.1, 0.15) is 74.8 Å². The van der Waals surface area contributed by atoms with Crippen LogP contribution < -0.4 is 0 Å². The first-order valence-electron chi connectivity index (χ1n) is 10.3. The minimum Gasteiger partial charge on any atom is -0.300 e. The molecule has 0 unspecified atom stereocenters. The van der Waals surface area contributed by atoms with Gasteiger partial charge in [-0.2, -0.15) is 0 Å². The van der Waals surface area contributed by atoms with E-state index in [2.05, 4.69) is 13.8 Å². The van der Waals surface area contributed by atoms with Gasteiger partial charge in [0.1, 0.15) is 5.78 Å². The van der Waals surface area contributed by atoms with Crippen molar-refractivity contribution < 1.29 is 12.3 Å². The highest BCUT2D eigenvalue weighted by molar-refractivity contribution is 5.91. The highest BCUT2D eigenvalue weighted by atomic mass is 16.1. The van der Waals surface area contributed by atoms with Crippen molar-refractivity contribution in [1.29, 1.82) is 0 Å². The summed E-state index contributed by atoms with van der Waals surface area (Å²) in [6, 6.07) is 0. The second-order valence-corrected chi connectivity index (χ2v) is 8.96. The van der Waals surface area contributed by atoms with Crippen LogP contribution in [-0.4, -0.2) is 11.6 Å². The van der Waals surface area contributed by atoms with Crippen LogP contribution in [0, 0.1) is 34.5 Å². The summed E-state index contributed by atoms with van der Waals surface area (Å²) in [4.78, 5) is 24.2. The van der Waals surface area contributed by atoms with Crippen LogP contribution in [0.2, 0.25) is 0 Å². The second kappa shape index (κ2) is 5.04. The molecule has 3 saturated carbocycles. The molecule has 4 rings (SSSR count). The molecule has 0 aromatic rings. The van der Waals surface area contributed by atoms with Crippen molar-refractivity contribution >= 4 is 11.6 Å². The average molecular weight is 316 g/mol. The summed E-state index contributed by atoms with van der Waals surface area (Å²) in [5.41, 5.74) is 1.18. The van der Waals surface area contributed by atoms with E-state index in [0.717, 1.165) is 32.1 Å². The van der Waals surface area contributed by atoms with Gasteiger partial charge in [0.25, 0.3) is 0 Å². The standard InChI is InChI=1S/C21H30O2/c1-13(22)17-6-7-18-16-5-4-14-12-15(23)8-10-20(14,2)19(16)9-11-21(17,18)3/h12,16-19H,4-11H2,1-3H3/t16-,17+,18-,19-,20-,21+/m0/s1/i7D2. The molecule has 126 valence electrons. The predicted octanol–water partition coefficient (Wildman–Crippen LogP) is 4.72. The van der Waals surface area contributed by atoms with Crippen molar-refractivity contribution in [2.75, 3.05) is 0 Å². The summed E-state index contributed by atoms with van der Waals surface area (Å²) < 4.78 is 17.5. The number of hydrogen-bond donors (Lipinski definition) is 0. The van der Waals surface area contributed by atoms with Gasteiger partial charge in [0.2, 0.25) is 0 Å². The van der Waals surface area contributed by atoms with Gasteiger partial charge in [-0.3, -0.25) is 9.59 Å². The molecule has 4 aliphatic rings. The first-order chi connectivity index (χ1) is 11.6. The highest BCUT2D eigenvalue weighted by Crippen LogP contribution is 2.66. The molecule has 0 saturated heterocycles. The number of rotatable bonds is 1. The maximum atomic E-state index is 12.3. The van der Waals surface area contributed by atoms with Gasteiger partial charge >= 0.3 is 0 Å². The van der Waals surface area contributed by atoms with Gasteiger partial charge in [-0.15, -0.1) is 0 Å². The summed E-state index contributed by atoms with van der Waals surface area (Å²) in [6.45, 7) is 6.15. The molecule has 0 bridgehead atoms. The largest absolute Gasteiger partial charge is 0.300 e.